The smallest absolute Gasteiger partial charge is 0.339 e. The normalized spacial score (nSPS) is 19.7. The van der Waals surface area contributed by atoms with E-state index in [0.29, 0.717) is 66.9 Å². The molecule has 0 aliphatic carbocycles. The van der Waals surface area contributed by atoms with Crippen LogP contribution in [0.2, 0.25) is 10.0 Å². The third kappa shape index (κ3) is 7.40. The molecule has 2 fully saturated rings. The second kappa shape index (κ2) is 12.1. The Morgan fingerprint density at radius 3 is 2.32 bits per heavy atom. The lowest BCUT2D eigenvalue weighted by Crippen LogP contribution is -2.51. The van der Waals surface area contributed by atoms with E-state index < -0.39 is 21.8 Å². The van der Waals surface area contributed by atoms with E-state index in [1.807, 2.05) is 4.90 Å². The molecule has 0 radical (unpaired) electrons. The third-order valence-electron chi connectivity index (χ3n) is 6.86. The van der Waals surface area contributed by atoms with Crippen molar-refractivity contribution in [2.24, 2.45) is 0 Å². The van der Waals surface area contributed by atoms with Crippen molar-refractivity contribution in [1.29, 1.82) is 0 Å². The van der Waals surface area contributed by atoms with Crippen molar-refractivity contribution >= 4 is 39.1 Å². The summed E-state index contributed by atoms with van der Waals surface area (Å²) in [5.41, 5.74) is 0.286. The second-order valence-electron chi connectivity index (χ2n) is 9.54. The molecule has 2 aliphatic rings. The Labute approximate surface area is 230 Å². The highest BCUT2D eigenvalue weighted by Gasteiger charge is 2.33. The first kappa shape index (κ1) is 29.1. The molecule has 1 atom stereocenters. The summed E-state index contributed by atoms with van der Waals surface area (Å²) in [4.78, 5) is 16.5. The van der Waals surface area contributed by atoms with Gasteiger partial charge in [-0.25, -0.2) is 12.7 Å². The van der Waals surface area contributed by atoms with Gasteiger partial charge in [-0.15, -0.1) is 0 Å². The van der Waals surface area contributed by atoms with Gasteiger partial charge >= 0.3 is 6.18 Å². The van der Waals surface area contributed by atoms with Crippen LogP contribution in [0.3, 0.4) is 0 Å². The fourth-order valence-electron chi connectivity index (χ4n) is 4.69. The quantitative estimate of drug-likeness (QED) is 0.504. The van der Waals surface area contributed by atoms with E-state index in [0.717, 1.165) is 12.1 Å². The summed E-state index contributed by atoms with van der Waals surface area (Å²) in [5, 5.41) is 3.77. The van der Waals surface area contributed by atoms with Crippen LogP contribution in [0.4, 0.5) is 13.2 Å². The van der Waals surface area contributed by atoms with Gasteiger partial charge < -0.3 is 10.2 Å². The average molecular weight is 593 g/mol. The number of nitrogens with one attached hydrogen (secondary N) is 1. The van der Waals surface area contributed by atoms with Gasteiger partial charge in [0.1, 0.15) is 0 Å². The minimum atomic E-state index is -4.38. The van der Waals surface area contributed by atoms with Crippen molar-refractivity contribution in [3.63, 3.8) is 0 Å². The highest BCUT2D eigenvalue weighted by atomic mass is 35.5. The molecule has 0 saturated carbocycles. The number of nitrogens with zero attached hydrogens (tertiary/aromatic N) is 3. The molecule has 2 aromatic carbocycles. The van der Waals surface area contributed by atoms with Crippen LogP contribution in [-0.4, -0.2) is 80.3 Å². The lowest BCUT2D eigenvalue weighted by molar-refractivity contribution is -0.137. The summed E-state index contributed by atoms with van der Waals surface area (Å²) in [6.07, 6.45) is -3.80. The number of amides is 1. The topological polar surface area (TPSA) is 73.0 Å². The molecule has 13 heteroatoms. The molecule has 0 spiro atoms. The third-order valence-corrected chi connectivity index (χ3v) is 9.34. The number of sulfonamides is 1. The number of hydrogen-bond donors (Lipinski definition) is 1. The van der Waals surface area contributed by atoms with Gasteiger partial charge in [0.25, 0.3) is 0 Å². The number of benzene rings is 2. The Kier molecular flexibility index (Phi) is 9.26. The van der Waals surface area contributed by atoms with E-state index in [2.05, 4.69) is 5.32 Å². The molecule has 208 valence electrons. The van der Waals surface area contributed by atoms with Crippen LogP contribution in [0.1, 0.15) is 23.1 Å². The van der Waals surface area contributed by atoms with Crippen LogP contribution in [0.25, 0.3) is 0 Å². The number of carbonyl (C=O) groups excluding carboxylic acids is 1. The summed E-state index contributed by atoms with van der Waals surface area (Å²) in [6.45, 7) is 3.13. The molecule has 0 aromatic heterocycles. The SMILES string of the molecule is O=C(CN[C@H]1CCN(S(=O)(=O)Cc2c(Cl)cccc2Cl)C1)N1CCN(Cc2cccc(C(F)(F)F)c2)CC1. The zero-order chi connectivity index (χ0) is 27.5. The Bertz CT molecular complexity index is 1230. The zero-order valence-corrected chi connectivity index (χ0v) is 22.9. The number of piperazine rings is 1. The number of carbonyl (C=O) groups is 1. The summed E-state index contributed by atoms with van der Waals surface area (Å²) in [6, 6.07) is 10.0. The van der Waals surface area contributed by atoms with E-state index in [4.69, 9.17) is 23.2 Å². The molecule has 38 heavy (non-hydrogen) atoms. The Morgan fingerprint density at radius 1 is 1.00 bits per heavy atom. The molecular weight excluding hydrogens is 564 g/mol. The first-order chi connectivity index (χ1) is 17.9. The molecule has 1 N–H and O–H groups in total. The van der Waals surface area contributed by atoms with Gasteiger partial charge in [0.2, 0.25) is 15.9 Å². The van der Waals surface area contributed by atoms with Crippen LogP contribution < -0.4 is 5.32 Å². The fourth-order valence-corrected chi connectivity index (χ4v) is 7.03. The largest absolute Gasteiger partial charge is 0.416 e. The van der Waals surface area contributed by atoms with Crippen molar-refractivity contribution in [2.45, 2.75) is 30.9 Å². The molecule has 7 nitrogen and oxygen atoms in total. The molecule has 2 aromatic rings. The highest BCUT2D eigenvalue weighted by molar-refractivity contribution is 7.88. The number of rotatable bonds is 8. The number of halogens is 5. The number of alkyl halides is 3. The van der Waals surface area contributed by atoms with E-state index in [1.165, 1.54) is 10.4 Å². The van der Waals surface area contributed by atoms with Crippen molar-refractivity contribution in [2.75, 3.05) is 45.8 Å². The van der Waals surface area contributed by atoms with Gasteiger partial charge in [-0.2, -0.15) is 13.2 Å². The van der Waals surface area contributed by atoms with Crippen LogP contribution in [-0.2, 0) is 33.3 Å². The number of hydrogen-bond acceptors (Lipinski definition) is 5. The van der Waals surface area contributed by atoms with Gasteiger partial charge in [-0.3, -0.25) is 9.69 Å². The summed E-state index contributed by atoms with van der Waals surface area (Å²) in [7, 11) is -3.63. The Morgan fingerprint density at radius 2 is 1.66 bits per heavy atom. The first-order valence-electron chi connectivity index (χ1n) is 12.2. The van der Waals surface area contributed by atoms with Crippen LogP contribution in [0.15, 0.2) is 42.5 Å². The lowest BCUT2D eigenvalue weighted by atomic mass is 10.1. The fraction of sp³-hybridized carbons (Fsp3) is 0.480. The summed E-state index contributed by atoms with van der Waals surface area (Å²) >= 11 is 12.3. The molecule has 2 aliphatic heterocycles. The monoisotopic (exact) mass is 592 g/mol. The first-order valence-corrected chi connectivity index (χ1v) is 14.6. The van der Waals surface area contributed by atoms with Gasteiger partial charge in [0.05, 0.1) is 17.9 Å². The maximum Gasteiger partial charge on any atom is 0.416 e. The van der Waals surface area contributed by atoms with Crippen LogP contribution >= 0.6 is 23.2 Å². The molecule has 1 amide bonds. The van der Waals surface area contributed by atoms with Crippen molar-refractivity contribution in [3.05, 3.63) is 69.2 Å². The predicted octanol–water partition coefficient (Wildman–Crippen LogP) is 3.85. The second-order valence-corrected chi connectivity index (χ2v) is 12.3. The maximum atomic E-state index is 13.0. The van der Waals surface area contributed by atoms with E-state index in [1.54, 1.807) is 29.2 Å². The molecule has 0 bridgehead atoms. The summed E-state index contributed by atoms with van der Waals surface area (Å²) in [5.74, 6) is -0.380. The molecule has 2 saturated heterocycles. The van der Waals surface area contributed by atoms with Gasteiger partial charge in [0.15, 0.2) is 0 Å². The Hall–Kier alpha value is -1.89. The zero-order valence-electron chi connectivity index (χ0n) is 20.6. The molecular formula is C25H29Cl2F3N4O3S. The van der Waals surface area contributed by atoms with Crippen molar-refractivity contribution in [1.82, 2.24) is 19.4 Å². The van der Waals surface area contributed by atoms with E-state index >= 15 is 0 Å². The minimum Gasteiger partial charge on any atom is -0.339 e. The minimum absolute atomic E-state index is 0.0858. The Balaban J connectivity index is 1.21. The van der Waals surface area contributed by atoms with Crippen molar-refractivity contribution < 1.29 is 26.4 Å². The molecule has 4 rings (SSSR count). The van der Waals surface area contributed by atoms with E-state index in [-0.39, 0.29) is 30.8 Å². The summed E-state index contributed by atoms with van der Waals surface area (Å²) < 4.78 is 66.1. The van der Waals surface area contributed by atoms with Gasteiger partial charge in [-0.05, 0) is 30.2 Å². The van der Waals surface area contributed by atoms with E-state index in [9.17, 15) is 26.4 Å². The standard InChI is InChI=1S/C25H29Cl2F3N4O3S/c26-22-5-2-6-23(27)21(22)17-38(36,37)34-8-7-20(16-34)31-14-24(35)33-11-9-32(10-12-33)15-18-3-1-4-19(13-18)25(28,29)30/h1-6,13,20,31H,7-12,14-17H2/t20-/m0/s1. The maximum absolute atomic E-state index is 13.0. The predicted molar refractivity (Wildman–Crippen MR) is 140 cm³/mol. The van der Waals surface area contributed by atoms with Crippen molar-refractivity contribution in [3.8, 4) is 0 Å². The molecule has 2 heterocycles. The lowest BCUT2D eigenvalue weighted by Gasteiger charge is -2.35. The molecule has 0 unspecified atom stereocenters. The van der Waals surface area contributed by atoms with Gasteiger partial charge in [0, 0.05) is 67.5 Å². The van der Waals surface area contributed by atoms with Gasteiger partial charge in [-0.1, -0.05) is 47.5 Å². The average Bonchev–Trinajstić information content (AvgIpc) is 3.35. The van der Waals surface area contributed by atoms with Crippen LogP contribution in [0.5, 0.6) is 0 Å². The highest BCUT2D eigenvalue weighted by Crippen LogP contribution is 2.30. The van der Waals surface area contributed by atoms with Crippen LogP contribution in [0, 0.1) is 0 Å².